The van der Waals surface area contributed by atoms with Crippen molar-refractivity contribution in [2.24, 2.45) is 35.5 Å². The maximum Gasteiger partial charge on any atom is 0.329 e. The Labute approximate surface area is 441 Å². The zero-order chi connectivity index (χ0) is 54.6. The first kappa shape index (κ1) is 62.6. The van der Waals surface area contributed by atoms with Gasteiger partial charge in [-0.05, 0) is 146 Å². The molecule has 4 rings (SSSR count). The molecule has 2 bridgehead atoms. The number of allylic oxidation sites excluding steroid dienone is 6. The van der Waals surface area contributed by atoms with Gasteiger partial charge >= 0.3 is 5.97 Å². The van der Waals surface area contributed by atoms with Crippen molar-refractivity contribution in [2.45, 2.75) is 219 Å². The van der Waals surface area contributed by atoms with Crippen LogP contribution in [-0.4, -0.2) is 138 Å². The van der Waals surface area contributed by atoms with E-state index in [-0.39, 0.29) is 66.8 Å². The second-order valence-electron chi connectivity index (χ2n) is 24.0. The van der Waals surface area contributed by atoms with Gasteiger partial charge < -0.3 is 42.5 Å². The summed E-state index contributed by atoms with van der Waals surface area (Å²) in [5.74, 6) is -7.01. The normalized spacial score (nSPS) is 35.5. The number of esters is 1. The molecule has 1 aliphatic carbocycles. The molecule has 4 aliphatic rings. The third-order valence-corrected chi connectivity index (χ3v) is 17.4. The molecule has 1 saturated carbocycles. The molecule has 0 aromatic rings. The molecule has 15 atom stereocenters. The molecule has 3 fully saturated rings. The van der Waals surface area contributed by atoms with Gasteiger partial charge in [-0.1, -0.05) is 71.1 Å². The van der Waals surface area contributed by atoms with E-state index in [4.69, 9.17) is 32.5 Å². The molecule has 3 heterocycles. The molecule has 16 heteroatoms. The molecule has 1 amide bonds. The number of aliphatic hydroxyl groups is 1. The molecule has 414 valence electrons. The number of hydrogen-bond acceptors (Lipinski definition) is 13. The van der Waals surface area contributed by atoms with Crippen molar-refractivity contribution in [3.05, 3.63) is 47.6 Å². The molecular formula is C57H95NO13Si2. The highest BCUT2D eigenvalue weighted by Gasteiger charge is 2.53. The van der Waals surface area contributed by atoms with Crippen LogP contribution in [0.1, 0.15) is 126 Å². The SMILES string of the molecule is CO[C@H]1C[C@@H]2CC[C@@H](C)[C@@](O)(O2)C(=O)C(=O)N2CCCC[C@H]2C(=O)O[C@H]([C@H](C)C[C@@H]2CC[C@@H](O[Si](C)(C)C)[C@H](OC)C2)CC(=O)C(C)=CC(C)[C@@H](O[Si](C)(C)C)[C@@H](OC)C(=O)[C@H](C)C[C@H](C)C=CC=CC=C1C. The summed E-state index contributed by atoms with van der Waals surface area (Å²) in [4.78, 5) is 73.6. The lowest BCUT2D eigenvalue weighted by Crippen LogP contribution is -2.61. The van der Waals surface area contributed by atoms with Crippen LogP contribution < -0.4 is 0 Å². The smallest absolute Gasteiger partial charge is 0.329 e. The standard InChI is InChI=1S/C57H95NO13Si2/c1-36-22-18-17-19-23-37(2)48(65-8)34-44-27-25-42(7)57(64,69-44)54(61)55(62)58-29-21-20-24-45(58)56(63)68-49(39(4)32-43-26-28-47(50(33-43)66-9)70-72(11,12)13)35-46(59)38(3)31-41(6)52(71-73(14,15)16)53(67-10)51(60)40(5)30-36/h17-19,22-23,31,36,39-45,47-50,52-53,64H,20-21,24-30,32-35H2,1-16H3/t36-,39-,40-,41?,42-,43+,44+,45+,47-,48+,49+,50-,52-,53+,57-/m1/s1. The summed E-state index contributed by atoms with van der Waals surface area (Å²) < 4.78 is 43.8. The number of carbonyl (C=O) groups excluding carboxylic acids is 5. The van der Waals surface area contributed by atoms with Crippen LogP contribution in [0.25, 0.3) is 0 Å². The molecule has 2 saturated heterocycles. The van der Waals surface area contributed by atoms with Gasteiger partial charge in [0.1, 0.15) is 18.2 Å². The van der Waals surface area contributed by atoms with Gasteiger partial charge in [0.05, 0.1) is 30.5 Å². The number of carbonyl (C=O) groups is 5. The molecular weight excluding hydrogens is 963 g/mol. The molecule has 1 N–H and O–H groups in total. The third kappa shape index (κ3) is 18.1. The second kappa shape index (κ2) is 27.9. The number of Topliss-reactive ketones (excluding diaryl/α,β-unsaturated/α-hetero) is 3. The maximum atomic E-state index is 14.7. The lowest BCUT2D eigenvalue weighted by Gasteiger charge is -2.42. The predicted molar refractivity (Wildman–Crippen MR) is 290 cm³/mol. The first-order valence-corrected chi connectivity index (χ1v) is 34.1. The van der Waals surface area contributed by atoms with Crippen molar-refractivity contribution < 1.29 is 61.6 Å². The minimum absolute atomic E-state index is 0.00639. The van der Waals surface area contributed by atoms with Crippen molar-refractivity contribution in [1.82, 2.24) is 4.90 Å². The molecule has 3 aliphatic heterocycles. The number of rotatable bonds is 10. The Balaban J connectivity index is 1.76. The van der Waals surface area contributed by atoms with Crippen LogP contribution in [-0.2, 0) is 56.5 Å². The Morgan fingerprint density at radius 3 is 2.11 bits per heavy atom. The van der Waals surface area contributed by atoms with E-state index >= 15 is 0 Å². The van der Waals surface area contributed by atoms with E-state index in [0.29, 0.717) is 50.5 Å². The Kier molecular flexibility index (Phi) is 23.9. The quantitative estimate of drug-likeness (QED) is 0.125. The van der Waals surface area contributed by atoms with E-state index in [9.17, 15) is 29.1 Å². The second-order valence-corrected chi connectivity index (χ2v) is 32.9. The molecule has 0 radical (unpaired) electrons. The van der Waals surface area contributed by atoms with Gasteiger partial charge in [-0.15, -0.1) is 0 Å². The summed E-state index contributed by atoms with van der Waals surface area (Å²) in [5.41, 5.74) is 1.34. The molecule has 0 spiro atoms. The number of cyclic esters (lactones) is 1. The Hall–Kier alpha value is -2.94. The summed E-state index contributed by atoms with van der Waals surface area (Å²) in [6.07, 6.45) is 14.4. The summed E-state index contributed by atoms with van der Waals surface area (Å²) in [5, 5.41) is 12.1. The molecule has 1 unspecified atom stereocenters. The van der Waals surface area contributed by atoms with Crippen molar-refractivity contribution in [3.8, 4) is 0 Å². The highest BCUT2D eigenvalue weighted by Crippen LogP contribution is 2.39. The number of ether oxygens (including phenoxy) is 5. The van der Waals surface area contributed by atoms with Crippen LogP contribution in [0.4, 0.5) is 0 Å². The Bertz CT molecular complexity index is 1990. The summed E-state index contributed by atoms with van der Waals surface area (Å²) >= 11 is 0. The number of methoxy groups -OCH3 is 3. The fourth-order valence-electron chi connectivity index (χ4n) is 11.3. The highest BCUT2D eigenvalue weighted by molar-refractivity contribution is 6.70. The van der Waals surface area contributed by atoms with Crippen molar-refractivity contribution in [3.63, 3.8) is 0 Å². The average molecular weight is 1060 g/mol. The number of amides is 1. The lowest BCUT2D eigenvalue weighted by molar-refractivity contribution is -0.265. The topological polar surface area (TPSA) is 173 Å². The largest absolute Gasteiger partial charge is 0.460 e. The van der Waals surface area contributed by atoms with E-state index in [2.05, 4.69) is 52.3 Å². The number of ketones is 3. The minimum atomic E-state index is -2.42. The van der Waals surface area contributed by atoms with Crippen LogP contribution in [0, 0.1) is 35.5 Å². The van der Waals surface area contributed by atoms with Crippen LogP contribution in [0.15, 0.2) is 47.6 Å². The van der Waals surface area contributed by atoms with Crippen LogP contribution in [0.3, 0.4) is 0 Å². The summed E-state index contributed by atoms with van der Waals surface area (Å²) in [6.45, 7) is 26.1. The van der Waals surface area contributed by atoms with Gasteiger partial charge in [-0.2, -0.15) is 0 Å². The molecule has 0 aromatic heterocycles. The van der Waals surface area contributed by atoms with Gasteiger partial charge in [0.15, 0.2) is 28.2 Å². The fourth-order valence-corrected chi connectivity index (χ4v) is 13.6. The van der Waals surface area contributed by atoms with Gasteiger partial charge in [-0.25, -0.2) is 4.79 Å². The monoisotopic (exact) mass is 1060 g/mol. The number of piperidine rings is 1. The first-order valence-electron chi connectivity index (χ1n) is 27.3. The average Bonchev–Trinajstić information content (AvgIpc) is 3.32. The van der Waals surface area contributed by atoms with E-state index in [0.717, 1.165) is 24.8 Å². The highest BCUT2D eigenvalue weighted by atomic mass is 28.4. The minimum Gasteiger partial charge on any atom is -0.460 e. The van der Waals surface area contributed by atoms with Crippen LogP contribution >= 0.6 is 0 Å². The predicted octanol–water partition coefficient (Wildman–Crippen LogP) is 9.90. The number of hydrogen-bond donors (Lipinski definition) is 1. The number of nitrogens with zero attached hydrogens (tertiary/aromatic N) is 1. The lowest BCUT2D eigenvalue weighted by atomic mass is 9.78. The summed E-state index contributed by atoms with van der Waals surface area (Å²) in [6, 6.07) is -1.12. The van der Waals surface area contributed by atoms with Crippen LogP contribution in [0.5, 0.6) is 0 Å². The molecule has 14 nitrogen and oxygen atoms in total. The number of fused-ring (bicyclic) bond motifs is 3. The van der Waals surface area contributed by atoms with Crippen molar-refractivity contribution >= 4 is 45.9 Å². The van der Waals surface area contributed by atoms with Gasteiger partial charge in [0.2, 0.25) is 5.79 Å². The molecule has 0 aromatic carbocycles. The zero-order valence-electron chi connectivity index (χ0n) is 47.5. The fraction of sp³-hybridized carbons (Fsp3) is 0.772. The van der Waals surface area contributed by atoms with E-state index in [1.165, 1.54) is 12.0 Å². The Morgan fingerprint density at radius 1 is 0.795 bits per heavy atom. The van der Waals surface area contributed by atoms with E-state index < -0.39 is 88.5 Å². The van der Waals surface area contributed by atoms with Crippen molar-refractivity contribution in [1.29, 1.82) is 0 Å². The third-order valence-electron chi connectivity index (χ3n) is 15.4. The first-order chi connectivity index (χ1) is 34.1. The van der Waals surface area contributed by atoms with E-state index in [1.54, 1.807) is 28.1 Å². The van der Waals surface area contributed by atoms with Gasteiger partial charge in [-0.3, -0.25) is 19.2 Å². The summed E-state index contributed by atoms with van der Waals surface area (Å²) in [7, 11) is 0.733. The zero-order valence-corrected chi connectivity index (χ0v) is 49.5. The van der Waals surface area contributed by atoms with Gasteiger partial charge in [0, 0.05) is 58.5 Å². The Morgan fingerprint density at radius 2 is 1.48 bits per heavy atom. The van der Waals surface area contributed by atoms with Crippen molar-refractivity contribution in [2.75, 3.05) is 27.9 Å². The van der Waals surface area contributed by atoms with Crippen LogP contribution in [0.2, 0.25) is 39.3 Å². The van der Waals surface area contributed by atoms with E-state index in [1.807, 2.05) is 58.1 Å². The maximum absolute atomic E-state index is 14.7. The van der Waals surface area contributed by atoms with Gasteiger partial charge in [0.25, 0.3) is 11.7 Å². The molecule has 73 heavy (non-hydrogen) atoms.